The molecule has 3 nitrogen and oxygen atoms in total. The van der Waals surface area contributed by atoms with Gasteiger partial charge >= 0.3 is 0 Å². The third-order valence-corrected chi connectivity index (χ3v) is 10.4. The molecule has 0 radical (unpaired) electrons. The highest BCUT2D eigenvalue weighted by molar-refractivity contribution is 7.25. The van der Waals surface area contributed by atoms with Crippen LogP contribution in [0.25, 0.3) is 58.8 Å². The quantitative estimate of drug-likeness (QED) is 0.168. The van der Waals surface area contributed by atoms with Gasteiger partial charge in [-0.05, 0) is 65.2 Å². The number of fused-ring (bicyclic) bond motifs is 6. The van der Waals surface area contributed by atoms with E-state index in [0.29, 0.717) is 12.3 Å². The summed E-state index contributed by atoms with van der Waals surface area (Å²) in [7, 11) is 0. The zero-order valence-electron chi connectivity index (χ0n) is 26.2. The highest BCUT2D eigenvalue weighted by Crippen LogP contribution is 2.41. The van der Waals surface area contributed by atoms with Crippen LogP contribution in [0.4, 0.5) is 5.69 Å². The maximum atomic E-state index is 8.84. The predicted molar refractivity (Wildman–Crippen MR) is 205 cm³/mol. The van der Waals surface area contributed by atoms with E-state index < -0.39 is 0 Å². The Labute approximate surface area is 282 Å². The van der Waals surface area contributed by atoms with E-state index in [1.165, 1.54) is 58.7 Å². The number of benzene rings is 7. The first-order valence-electron chi connectivity index (χ1n) is 16.2. The molecular formula is C44H31N3S. The Bertz CT molecular complexity index is 2610. The predicted octanol–water partition coefficient (Wildman–Crippen LogP) is 11.8. The minimum absolute atomic E-state index is 0.517. The molecule has 2 aromatic heterocycles. The summed E-state index contributed by atoms with van der Waals surface area (Å²) in [5.41, 5.74) is 10.5. The number of rotatable bonds is 7. The van der Waals surface area contributed by atoms with Crippen molar-refractivity contribution in [3.63, 3.8) is 0 Å². The van der Waals surface area contributed by atoms with Gasteiger partial charge in [0.25, 0.3) is 0 Å². The zero-order valence-corrected chi connectivity index (χ0v) is 27.0. The summed E-state index contributed by atoms with van der Waals surface area (Å²) in [4.78, 5) is 0. The van der Waals surface area contributed by atoms with Crippen LogP contribution in [0.3, 0.4) is 0 Å². The Morgan fingerprint density at radius 1 is 0.542 bits per heavy atom. The molecule has 0 saturated heterocycles. The normalized spacial score (nSPS) is 11.5. The van der Waals surface area contributed by atoms with Gasteiger partial charge in [-0.25, -0.2) is 0 Å². The molecule has 0 atom stereocenters. The van der Waals surface area contributed by atoms with Crippen LogP contribution in [-0.2, 0) is 6.54 Å². The molecule has 2 N–H and O–H groups in total. The molecule has 228 valence electrons. The third kappa shape index (κ3) is 4.86. The van der Waals surface area contributed by atoms with Gasteiger partial charge in [0, 0.05) is 60.0 Å². The molecule has 0 bridgehead atoms. The van der Waals surface area contributed by atoms with Gasteiger partial charge in [0.05, 0.1) is 16.7 Å². The first-order chi connectivity index (χ1) is 23.7. The number of nitrogens with zero attached hydrogens (tertiary/aromatic N) is 1. The van der Waals surface area contributed by atoms with Crippen LogP contribution in [-0.4, -0.2) is 10.3 Å². The average Bonchev–Trinajstić information content (AvgIpc) is 3.68. The molecule has 7 aromatic carbocycles. The van der Waals surface area contributed by atoms with Crippen molar-refractivity contribution < 1.29 is 0 Å². The smallest absolute Gasteiger partial charge is 0.0705 e. The molecule has 2 heterocycles. The minimum Gasteiger partial charge on any atom is -0.380 e. The molecule has 0 spiro atoms. The van der Waals surface area contributed by atoms with E-state index in [0.717, 1.165) is 22.5 Å². The summed E-state index contributed by atoms with van der Waals surface area (Å²) >= 11 is 1.87. The average molecular weight is 634 g/mol. The first kappa shape index (κ1) is 28.3. The van der Waals surface area contributed by atoms with E-state index >= 15 is 0 Å². The summed E-state index contributed by atoms with van der Waals surface area (Å²) in [6, 6.07) is 57.9. The van der Waals surface area contributed by atoms with Crippen LogP contribution in [0.1, 0.15) is 16.7 Å². The maximum absolute atomic E-state index is 8.84. The van der Waals surface area contributed by atoms with Gasteiger partial charge in [0.15, 0.2) is 0 Å². The number of hydrogen-bond acceptors (Lipinski definition) is 3. The molecule has 9 aromatic rings. The number of nitrogens with one attached hydrogen (secondary N) is 2. The highest BCUT2D eigenvalue weighted by Gasteiger charge is 2.17. The molecule has 0 saturated carbocycles. The number of hydrogen-bond donors (Lipinski definition) is 2. The monoisotopic (exact) mass is 633 g/mol. The molecule has 0 aliphatic rings. The molecule has 0 amide bonds. The van der Waals surface area contributed by atoms with Crippen LogP contribution in [0.5, 0.6) is 0 Å². The molecular weight excluding hydrogens is 603 g/mol. The highest BCUT2D eigenvalue weighted by atomic mass is 32.1. The van der Waals surface area contributed by atoms with Gasteiger partial charge in [-0.15, -0.1) is 11.3 Å². The van der Waals surface area contributed by atoms with Crippen LogP contribution in [0, 0.1) is 5.41 Å². The number of para-hydroxylation sites is 1. The van der Waals surface area contributed by atoms with Gasteiger partial charge < -0.3 is 9.88 Å². The first-order valence-corrected chi connectivity index (χ1v) is 17.0. The lowest BCUT2D eigenvalue weighted by molar-refractivity contribution is 1.12. The van der Waals surface area contributed by atoms with E-state index in [1.807, 2.05) is 59.9 Å². The second kappa shape index (κ2) is 11.7. The van der Waals surface area contributed by atoms with Crippen LogP contribution < -0.4 is 5.32 Å². The fraction of sp³-hybridized carbons (Fsp3) is 0.0227. The molecule has 0 aliphatic heterocycles. The zero-order chi connectivity index (χ0) is 32.0. The van der Waals surface area contributed by atoms with Crippen molar-refractivity contribution in [3.8, 4) is 16.8 Å². The van der Waals surface area contributed by atoms with Crippen LogP contribution in [0.15, 0.2) is 164 Å². The minimum atomic E-state index is 0.517. The Kier molecular flexibility index (Phi) is 6.88. The molecule has 0 aliphatic carbocycles. The lowest BCUT2D eigenvalue weighted by Crippen LogP contribution is -2.08. The van der Waals surface area contributed by atoms with Crippen molar-refractivity contribution in [2.24, 2.45) is 0 Å². The summed E-state index contributed by atoms with van der Waals surface area (Å²) in [5.74, 6) is 0. The van der Waals surface area contributed by atoms with Crippen molar-refractivity contribution in [3.05, 3.63) is 180 Å². The van der Waals surface area contributed by atoms with E-state index in [4.69, 9.17) is 5.41 Å². The fourth-order valence-corrected chi connectivity index (χ4v) is 8.03. The summed E-state index contributed by atoms with van der Waals surface area (Å²) in [5, 5.41) is 17.6. The van der Waals surface area contributed by atoms with Crippen molar-refractivity contribution >= 4 is 64.7 Å². The second-order valence-corrected chi connectivity index (χ2v) is 13.3. The molecule has 48 heavy (non-hydrogen) atoms. The molecule has 0 fully saturated rings. The third-order valence-electron chi connectivity index (χ3n) is 9.31. The van der Waals surface area contributed by atoms with Crippen molar-refractivity contribution in [1.82, 2.24) is 4.57 Å². The Hall–Kier alpha value is -5.97. The topological polar surface area (TPSA) is 40.8 Å². The van der Waals surface area contributed by atoms with Gasteiger partial charge in [-0.2, -0.15) is 0 Å². The standard InChI is InChI=1S/C44H31N3S/c45-44(31-13-5-2-6-14-31)35-16-7-9-17-39(35)46-28-29-19-22-33(23-20-29)47-40-24-21-32(30-11-3-1-4-12-30)25-36(40)37-27-43-38(26-41(37)47)34-15-8-10-18-42(34)48-43/h1-27,45-46H,28H2. The summed E-state index contributed by atoms with van der Waals surface area (Å²) < 4.78 is 5.05. The van der Waals surface area contributed by atoms with Crippen molar-refractivity contribution in [1.29, 1.82) is 5.41 Å². The number of thiophene rings is 1. The van der Waals surface area contributed by atoms with Crippen LogP contribution >= 0.6 is 11.3 Å². The Morgan fingerprint density at radius 3 is 2.08 bits per heavy atom. The Balaban J connectivity index is 1.11. The van der Waals surface area contributed by atoms with Gasteiger partial charge in [-0.1, -0.05) is 115 Å². The lowest BCUT2D eigenvalue weighted by atomic mass is 10.0. The van der Waals surface area contributed by atoms with E-state index in [1.54, 1.807) is 0 Å². The van der Waals surface area contributed by atoms with Gasteiger partial charge in [0.1, 0.15) is 0 Å². The van der Waals surface area contributed by atoms with Crippen LogP contribution in [0.2, 0.25) is 0 Å². The van der Waals surface area contributed by atoms with Crippen molar-refractivity contribution in [2.45, 2.75) is 6.54 Å². The second-order valence-electron chi connectivity index (χ2n) is 12.2. The summed E-state index contributed by atoms with van der Waals surface area (Å²) in [6.45, 7) is 0.661. The maximum Gasteiger partial charge on any atom is 0.0705 e. The van der Waals surface area contributed by atoms with E-state index in [9.17, 15) is 0 Å². The molecule has 4 heteroatoms. The lowest BCUT2D eigenvalue weighted by Gasteiger charge is -2.14. The van der Waals surface area contributed by atoms with E-state index in [-0.39, 0.29) is 0 Å². The molecule has 0 unspecified atom stereocenters. The number of anilines is 1. The SMILES string of the molecule is N=C(c1ccccc1)c1ccccc1NCc1ccc(-n2c3ccc(-c4ccccc4)cc3c3cc4sc5ccccc5c4cc32)cc1. The van der Waals surface area contributed by atoms with Crippen molar-refractivity contribution in [2.75, 3.05) is 5.32 Å². The number of aromatic nitrogens is 1. The van der Waals surface area contributed by atoms with Gasteiger partial charge in [0.2, 0.25) is 0 Å². The largest absolute Gasteiger partial charge is 0.380 e. The fourth-order valence-electron chi connectivity index (χ4n) is 6.90. The Morgan fingerprint density at radius 2 is 1.25 bits per heavy atom. The molecule has 9 rings (SSSR count). The van der Waals surface area contributed by atoms with Gasteiger partial charge in [-0.3, -0.25) is 5.41 Å². The summed E-state index contributed by atoms with van der Waals surface area (Å²) in [6.07, 6.45) is 0. The van der Waals surface area contributed by atoms with E-state index in [2.05, 4.69) is 125 Å².